The van der Waals surface area contributed by atoms with Gasteiger partial charge in [0.25, 0.3) is 0 Å². The summed E-state index contributed by atoms with van der Waals surface area (Å²) in [5, 5.41) is 12.0. The van der Waals surface area contributed by atoms with Crippen LogP contribution in [0.4, 0.5) is 28.0 Å². The van der Waals surface area contributed by atoms with E-state index in [9.17, 15) is 27.5 Å². The Hall–Kier alpha value is -1.54. The van der Waals surface area contributed by atoms with E-state index in [2.05, 4.69) is 5.32 Å². The van der Waals surface area contributed by atoms with Gasteiger partial charge < -0.3 is 15.3 Å². The lowest BCUT2D eigenvalue weighted by molar-refractivity contribution is -0.271. The van der Waals surface area contributed by atoms with Crippen LogP contribution in [0.3, 0.4) is 0 Å². The number of nitrogens with one attached hydrogen (secondary N) is 1. The number of likely N-dealkylation sites (tertiary alicyclic amines) is 1. The maximum atomic E-state index is 13.5. The largest absolute Gasteiger partial charge is 0.417 e. The Morgan fingerprint density at radius 2 is 1.91 bits per heavy atom. The van der Waals surface area contributed by atoms with Gasteiger partial charge in [0, 0.05) is 31.0 Å². The van der Waals surface area contributed by atoms with Crippen molar-refractivity contribution in [3.8, 4) is 0 Å². The lowest BCUT2D eigenvalue weighted by Gasteiger charge is -2.38. The first-order chi connectivity index (χ1) is 10.1. The van der Waals surface area contributed by atoms with Gasteiger partial charge in [-0.1, -0.05) is 11.6 Å². The average molecular weight is 341 g/mol. The van der Waals surface area contributed by atoms with Crippen molar-refractivity contribution in [3.05, 3.63) is 29.0 Å². The van der Waals surface area contributed by atoms with Gasteiger partial charge in [0.1, 0.15) is 5.82 Å². The van der Waals surface area contributed by atoms with Crippen molar-refractivity contribution in [2.24, 2.45) is 0 Å². The fraction of sp³-hybridized carbons (Fsp3) is 0.462. The highest BCUT2D eigenvalue weighted by Crippen LogP contribution is 2.38. The van der Waals surface area contributed by atoms with Crippen molar-refractivity contribution in [1.29, 1.82) is 0 Å². The van der Waals surface area contributed by atoms with Crippen molar-refractivity contribution in [3.63, 3.8) is 0 Å². The Morgan fingerprint density at radius 1 is 1.32 bits per heavy atom. The molecular weight excluding hydrogens is 328 g/mol. The summed E-state index contributed by atoms with van der Waals surface area (Å²) in [7, 11) is 0. The molecule has 2 rings (SSSR count). The molecule has 0 bridgehead atoms. The molecular formula is C13H13ClF4N2O2. The zero-order valence-corrected chi connectivity index (χ0v) is 12.0. The van der Waals surface area contributed by atoms with E-state index in [0.717, 1.165) is 11.0 Å². The number of rotatable bonds is 1. The van der Waals surface area contributed by atoms with Crippen LogP contribution < -0.4 is 5.32 Å². The number of benzene rings is 1. The van der Waals surface area contributed by atoms with Gasteiger partial charge in [-0.05, 0) is 18.2 Å². The molecule has 1 aliphatic heterocycles. The van der Waals surface area contributed by atoms with Crippen molar-refractivity contribution >= 4 is 23.3 Å². The molecule has 1 saturated heterocycles. The standard InChI is InChI=1S/C13H13ClF4N2O2/c14-8-1-2-9(15)10(7-8)19-11(21)20-5-3-12(22,4-6-20)13(16,17)18/h1-2,7,22H,3-6H2,(H,19,21). The van der Waals surface area contributed by atoms with E-state index in [0.29, 0.717) is 0 Å². The topological polar surface area (TPSA) is 52.6 Å². The van der Waals surface area contributed by atoms with E-state index in [-0.39, 0.29) is 23.8 Å². The normalized spacial score (nSPS) is 18.2. The first kappa shape index (κ1) is 16.8. The number of urea groups is 1. The Morgan fingerprint density at radius 3 is 2.45 bits per heavy atom. The Balaban J connectivity index is 2.00. The monoisotopic (exact) mass is 340 g/mol. The summed E-state index contributed by atoms with van der Waals surface area (Å²) in [5.41, 5.74) is -2.94. The van der Waals surface area contributed by atoms with Crippen LogP contribution in [0.25, 0.3) is 0 Å². The molecule has 0 aliphatic carbocycles. The first-order valence-electron chi connectivity index (χ1n) is 6.42. The van der Waals surface area contributed by atoms with Crippen LogP contribution in [-0.2, 0) is 0 Å². The van der Waals surface area contributed by atoms with Crippen LogP contribution >= 0.6 is 11.6 Å². The number of alkyl halides is 3. The average Bonchev–Trinajstić information content (AvgIpc) is 2.42. The van der Waals surface area contributed by atoms with Crippen molar-refractivity contribution < 1.29 is 27.5 Å². The van der Waals surface area contributed by atoms with Crippen molar-refractivity contribution in [1.82, 2.24) is 4.90 Å². The lowest BCUT2D eigenvalue weighted by Crippen LogP contribution is -2.55. The van der Waals surface area contributed by atoms with Gasteiger partial charge in [0.05, 0.1) is 5.69 Å². The van der Waals surface area contributed by atoms with Crippen LogP contribution in [-0.4, -0.2) is 40.9 Å². The smallest absolute Gasteiger partial charge is 0.380 e. The third kappa shape index (κ3) is 3.44. The fourth-order valence-electron chi connectivity index (χ4n) is 2.15. The molecule has 4 nitrogen and oxygen atoms in total. The molecule has 1 heterocycles. The molecule has 1 aromatic carbocycles. The molecule has 0 spiro atoms. The van der Waals surface area contributed by atoms with E-state index >= 15 is 0 Å². The number of aliphatic hydroxyl groups is 1. The van der Waals surface area contributed by atoms with Crippen molar-refractivity contribution in [2.45, 2.75) is 24.6 Å². The molecule has 0 aromatic heterocycles. The summed E-state index contributed by atoms with van der Waals surface area (Å²) in [5.74, 6) is -0.707. The Bertz CT molecular complexity index is 572. The molecule has 0 radical (unpaired) electrons. The Kier molecular flexibility index (Phi) is 4.53. The SMILES string of the molecule is O=C(Nc1cc(Cl)ccc1F)N1CCC(O)(C(F)(F)F)CC1. The summed E-state index contributed by atoms with van der Waals surface area (Å²) < 4.78 is 51.5. The van der Waals surface area contributed by atoms with Crippen LogP contribution in [0.2, 0.25) is 5.02 Å². The van der Waals surface area contributed by atoms with Gasteiger partial charge in [0.15, 0.2) is 5.60 Å². The second kappa shape index (κ2) is 5.92. The molecule has 1 aliphatic rings. The summed E-state index contributed by atoms with van der Waals surface area (Å²) >= 11 is 5.68. The maximum absolute atomic E-state index is 13.5. The number of hydrogen-bond donors (Lipinski definition) is 2. The van der Waals surface area contributed by atoms with Gasteiger partial charge in [-0.3, -0.25) is 0 Å². The van der Waals surface area contributed by atoms with E-state index in [1.54, 1.807) is 0 Å². The minimum atomic E-state index is -4.74. The van der Waals surface area contributed by atoms with Crippen molar-refractivity contribution in [2.75, 3.05) is 18.4 Å². The van der Waals surface area contributed by atoms with E-state index in [4.69, 9.17) is 11.6 Å². The van der Waals surface area contributed by atoms with E-state index < -0.39 is 36.5 Å². The predicted molar refractivity (Wildman–Crippen MR) is 72.2 cm³/mol. The minimum absolute atomic E-state index is 0.158. The molecule has 2 amide bonds. The molecule has 0 atom stereocenters. The maximum Gasteiger partial charge on any atom is 0.417 e. The minimum Gasteiger partial charge on any atom is -0.380 e. The zero-order chi connectivity index (χ0) is 16.5. The number of nitrogens with zero attached hydrogens (tertiary/aromatic N) is 1. The van der Waals surface area contributed by atoms with Crippen LogP contribution in [0.15, 0.2) is 18.2 Å². The zero-order valence-electron chi connectivity index (χ0n) is 11.3. The summed E-state index contributed by atoms with van der Waals surface area (Å²) in [6.07, 6.45) is -5.99. The van der Waals surface area contributed by atoms with Crippen LogP contribution in [0.5, 0.6) is 0 Å². The lowest BCUT2D eigenvalue weighted by atomic mass is 9.91. The number of amides is 2. The molecule has 1 aromatic rings. The fourth-order valence-corrected chi connectivity index (χ4v) is 2.32. The second-order valence-electron chi connectivity index (χ2n) is 5.07. The van der Waals surface area contributed by atoms with Gasteiger partial charge in [-0.2, -0.15) is 13.2 Å². The molecule has 0 unspecified atom stereocenters. The molecule has 0 saturated carbocycles. The van der Waals surface area contributed by atoms with Gasteiger partial charge in [-0.25, -0.2) is 9.18 Å². The first-order valence-corrected chi connectivity index (χ1v) is 6.80. The Labute approximate surface area is 128 Å². The predicted octanol–water partition coefficient (Wildman–Crippen LogP) is 3.40. The van der Waals surface area contributed by atoms with Gasteiger partial charge >= 0.3 is 12.2 Å². The third-order valence-corrected chi connectivity index (χ3v) is 3.81. The quantitative estimate of drug-likeness (QED) is 0.770. The summed E-state index contributed by atoms with van der Waals surface area (Å²) in [6.45, 7) is -0.575. The van der Waals surface area contributed by atoms with Crippen LogP contribution in [0.1, 0.15) is 12.8 Å². The molecule has 122 valence electrons. The summed E-state index contributed by atoms with van der Waals surface area (Å²) in [6, 6.07) is 2.82. The third-order valence-electron chi connectivity index (χ3n) is 3.58. The highest BCUT2D eigenvalue weighted by molar-refractivity contribution is 6.30. The number of carbonyl (C=O) groups excluding carboxylic acids is 1. The summed E-state index contributed by atoms with van der Waals surface area (Å²) in [4.78, 5) is 13.0. The van der Waals surface area contributed by atoms with Gasteiger partial charge in [-0.15, -0.1) is 0 Å². The van der Waals surface area contributed by atoms with E-state index in [1.807, 2.05) is 0 Å². The molecule has 2 N–H and O–H groups in total. The van der Waals surface area contributed by atoms with Gasteiger partial charge in [0.2, 0.25) is 0 Å². The highest BCUT2D eigenvalue weighted by atomic mass is 35.5. The highest BCUT2D eigenvalue weighted by Gasteiger charge is 2.54. The van der Waals surface area contributed by atoms with Crippen LogP contribution in [0, 0.1) is 5.82 Å². The number of carbonyl (C=O) groups is 1. The molecule has 9 heteroatoms. The number of hydrogen-bond acceptors (Lipinski definition) is 2. The number of piperidine rings is 1. The second-order valence-corrected chi connectivity index (χ2v) is 5.51. The van der Waals surface area contributed by atoms with E-state index in [1.165, 1.54) is 12.1 Å². The molecule has 22 heavy (non-hydrogen) atoms. The number of anilines is 1. The molecule has 1 fully saturated rings. The number of halogens is 5.